The summed E-state index contributed by atoms with van der Waals surface area (Å²) in [6, 6.07) is 6.58. The molecular formula is C14H15ClN2S2. The molecule has 2 heterocycles. The lowest BCUT2D eigenvalue weighted by atomic mass is 10.0. The average Bonchev–Trinajstić information content (AvgIpc) is 2.82. The van der Waals surface area contributed by atoms with Crippen LogP contribution in [0.5, 0.6) is 0 Å². The van der Waals surface area contributed by atoms with Crippen LogP contribution >= 0.6 is 34.7 Å². The Morgan fingerprint density at radius 2 is 2.37 bits per heavy atom. The van der Waals surface area contributed by atoms with E-state index >= 15 is 0 Å². The average molecular weight is 311 g/mol. The van der Waals surface area contributed by atoms with Crippen molar-refractivity contribution in [3.63, 3.8) is 0 Å². The summed E-state index contributed by atoms with van der Waals surface area (Å²) in [5.41, 5.74) is 2.43. The molecular weight excluding hydrogens is 296 g/mol. The second-order valence-corrected chi connectivity index (χ2v) is 7.15. The number of nitrogens with zero attached hydrogens (tertiary/aromatic N) is 1. The summed E-state index contributed by atoms with van der Waals surface area (Å²) in [7, 11) is 0. The number of rotatable bonds is 3. The molecule has 0 spiro atoms. The van der Waals surface area contributed by atoms with Gasteiger partial charge in [-0.3, -0.25) is 0 Å². The van der Waals surface area contributed by atoms with Gasteiger partial charge in [0, 0.05) is 33.6 Å². The fourth-order valence-corrected chi connectivity index (χ4v) is 4.28. The fraction of sp³-hybridized carbons (Fsp3) is 0.357. The number of aromatic nitrogens is 1. The molecule has 1 aliphatic rings. The highest BCUT2D eigenvalue weighted by Gasteiger charge is 2.20. The minimum Gasteiger partial charge on any atom is -0.303 e. The van der Waals surface area contributed by atoms with Crippen LogP contribution in [0.2, 0.25) is 5.02 Å². The number of nitrogens with one attached hydrogen (secondary N) is 1. The molecule has 0 amide bonds. The first kappa shape index (κ1) is 13.4. The molecule has 19 heavy (non-hydrogen) atoms. The molecule has 1 N–H and O–H groups in total. The fourth-order valence-electron chi connectivity index (χ4n) is 2.27. The van der Waals surface area contributed by atoms with Crippen LogP contribution in [0, 0.1) is 6.92 Å². The van der Waals surface area contributed by atoms with Crippen molar-refractivity contribution < 1.29 is 0 Å². The molecule has 0 radical (unpaired) electrons. The van der Waals surface area contributed by atoms with E-state index in [0.29, 0.717) is 6.04 Å². The normalized spacial score (nSPS) is 18.3. The van der Waals surface area contributed by atoms with Crippen LogP contribution in [0.1, 0.15) is 28.7 Å². The third-order valence-corrected chi connectivity index (χ3v) is 5.50. The molecule has 1 atom stereocenters. The Labute approximate surface area is 126 Å². The van der Waals surface area contributed by atoms with Gasteiger partial charge in [0.05, 0.1) is 0 Å². The van der Waals surface area contributed by atoms with Gasteiger partial charge in [0.2, 0.25) is 0 Å². The zero-order valence-corrected chi connectivity index (χ0v) is 13.0. The maximum atomic E-state index is 6.12. The van der Waals surface area contributed by atoms with Crippen molar-refractivity contribution in [1.82, 2.24) is 10.3 Å². The summed E-state index contributed by atoms with van der Waals surface area (Å²) >= 11 is 9.75. The molecule has 0 saturated heterocycles. The number of aryl methyl sites for hydroxylation is 1. The minimum atomic E-state index is 0.388. The summed E-state index contributed by atoms with van der Waals surface area (Å²) in [5.74, 6) is 1.16. The van der Waals surface area contributed by atoms with E-state index in [0.717, 1.165) is 34.4 Å². The van der Waals surface area contributed by atoms with Gasteiger partial charge in [0.25, 0.3) is 0 Å². The van der Waals surface area contributed by atoms with Crippen molar-refractivity contribution in [1.29, 1.82) is 0 Å². The van der Waals surface area contributed by atoms with Gasteiger partial charge in [0.1, 0.15) is 5.01 Å². The molecule has 0 saturated carbocycles. The molecule has 100 valence electrons. The molecule has 5 heteroatoms. The smallest absolute Gasteiger partial charge is 0.107 e. The number of hydrogen-bond donors (Lipinski definition) is 1. The Balaban J connectivity index is 1.74. The summed E-state index contributed by atoms with van der Waals surface area (Å²) in [6.45, 7) is 2.87. The van der Waals surface area contributed by atoms with Crippen molar-refractivity contribution >= 4 is 34.7 Å². The van der Waals surface area contributed by atoms with E-state index in [1.54, 1.807) is 11.3 Å². The number of halogens is 1. The second kappa shape index (κ2) is 5.83. The highest BCUT2D eigenvalue weighted by molar-refractivity contribution is 7.99. The van der Waals surface area contributed by atoms with Crippen LogP contribution in [-0.2, 0) is 6.54 Å². The van der Waals surface area contributed by atoms with E-state index in [2.05, 4.69) is 27.8 Å². The first-order valence-electron chi connectivity index (χ1n) is 6.29. The maximum absolute atomic E-state index is 6.12. The Hall–Kier alpha value is -0.550. The van der Waals surface area contributed by atoms with Gasteiger partial charge in [-0.2, -0.15) is 0 Å². The zero-order valence-electron chi connectivity index (χ0n) is 10.6. The third-order valence-electron chi connectivity index (χ3n) is 3.18. The monoisotopic (exact) mass is 310 g/mol. The molecule has 3 rings (SSSR count). The summed E-state index contributed by atoms with van der Waals surface area (Å²) in [6.07, 6.45) is 1.14. The minimum absolute atomic E-state index is 0.388. The standard InChI is InChI=1S/C14H15ClN2S2/c1-9-8-19-14(17-9)7-16-12-4-5-18-13-3-2-10(15)6-11(12)13/h2-3,6,8,12,16H,4-5,7H2,1H3. The van der Waals surface area contributed by atoms with Crippen molar-refractivity contribution in [3.8, 4) is 0 Å². The summed E-state index contributed by atoms with van der Waals surface area (Å²) in [5, 5.41) is 7.68. The summed E-state index contributed by atoms with van der Waals surface area (Å²) in [4.78, 5) is 5.84. The molecule has 1 unspecified atom stereocenters. The van der Waals surface area contributed by atoms with E-state index in [1.807, 2.05) is 24.8 Å². The van der Waals surface area contributed by atoms with E-state index in [1.165, 1.54) is 10.5 Å². The van der Waals surface area contributed by atoms with Gasteiger partial charge in [-0.05, 0) is 42.9 Å². The molecule has 0 aliphatic carbocycles. The lowest BCUT2D eigenvalue weighted by molar-refractivity contribution is 0.509. The van der Waals surface area contributed by atoms with Crippen LogP contribution in [0.25, 0.3) is 0 Å². The predicted octanol–water partition coefficient (Wildman–Crippen LogP) is 4.43. The number of thiazole rings is 1. The SMILES string of the molecule is Cc1csc(CNC2CCSc3ccc(Cl)cc32)n1. The maximum Gasteiger partial charge on any atom is 0.107 e. The number of benzene rings is 1. The highest BCUT2D eigenvalue weighted by atomic mass is 35.5. The summed E-state index contributed by atoms with van der Waals surface area (Å²) < 4.78 is 0. The van der Waals surface area contributed by atoms with Crippen LogP contribution < -0.4 is 5.32 Å². The van der Waals surface area contributed by atoms with Crippen LogP contribution in [-0.4, -0.2) is 10.7 Å². The van der Waals surface area contributed by atoms with Gasteiger partial charge in [-0.25, -0.2) is 4.98 Å². The van der Waals surface area contributed by atoms with Gasteiger partial charge in [-0.15, -0.1) is 23.1 Å². The highest BCUT2D eigenvalue weighted by Crippen LogP contribution is 2.37. The molecule has 0 bridgehead atoms. The Morgan fingerprint density at radius 3 is 3.16 bits per heavy atom. The molecule has 1 aromatic carbocycles. The van der Waals surface area contributed by atoms with Crippen LogP contribution in [0.3, 0.4) is 0 Å². The van der Waals surface area contributed by atoms with Gasteiger partial charge >= 0.3 is 0 Å². The lowest BCUT2D eigenvalue weighted by Gasteiger charge is -2.26. The molecule has 2 nitrogen and oxygen atoms in total. The van der Waals surface area contributed by atoms with Crippen molar-refractivity contribution in [2.75, 3.05) is 5.75 Å². The van der Waals surface area contributed by atoms with Crippen molar-refractivity contribution in [3.05, 3.63) is 44.9 Å². The van der Waals surface area contributed by atoms with Crippen molar-refractivity contribution in [2.24, 2.45) is 0 Å². The zero-order chi connectivity index (χ0) is 13.2. The first-order valence-corrected chi connectivity index (χ1v) is 8.53. The Morgan fingerprint density at radius 1 is 1.47 bits per heavy atom. The molecule has 1 aromatic heterocycles. The van der Waals surface area contributed by atoms with E-state index in [9.17, 15) is 0 Å². The first-order chi connectivity index (χ1) is 9.22. The van der Waals surface area contributed by atoms with Crippen LogP contribution in [0.15, 0.2) is 28.5 Å². The lowest BCUT2D eigenvalue weighted by Crippen LogP contribution is -2.24. The molecule has 2 aromatic rings. The molecule has 0 fully saturated rings. The largest absolute Gasteiger partial charge is 0.303 e. The van der Waals surface area contributed by atoms with Crippen molar-refractivity contribution in [2.45, 2.75) is 30.8 Å². The van der Waals surface area contributed by atoms with E-state index < -0.39 is 0 Å². The number of hydrogen-bond acceptors (Lipinski definition) is 4. The van der Waals surface area contributed by atoms with Gasteiger partial charge in [0.15, 0.2) is 0 Å². The Kier molecular flexibility index (Phi) is 4.12. The second-order valence-electron chi connectivity index (χ2n) is 4.64. The van der Waals surface area contributed by atoms with Gasteiger partial charge in [-0.1, -0.05) is 11.6 Å². The van der Waals surface area contributed by atoms with E-state index in [-0.39, 0.29) is 0 Å². The van der Waals surface area contributed by atoms with Gasteiger partial charge < -0.3 is 5.32 Å². The Bertz CT molecular complexity index is 583. The molecule has 1 aliphatic heterocycles. The predicted molar refractivity (Wildman–Crippen MR) is 83.2 cm³/mol. The van der Waals surface area contributed by atoms with Crippen LogP contribution in [0.4, 0.5) is 0 Å². The topological polar surface area (TPSA) is 24.9 Å². The van der Waals surface area contributed by atoms with E-state index in [4.69, 9.17) is 11.6 Å². The quantitative estimate of drug-likeness (QED) is 0.907. The number of thioether (sulfide) groups is 1. The number of fused-ring (bicyclic) bond motifs is 1. The third kappa shape index (κ3) is 3.14.